The van der Waals surface area contributed by atoms with Crippen molar-refractivity contribution in [2.45, 2.75) is 18.4 Å². The SMILES string of the molecule is FC(F)(F)Oc1nc(C(F)(F)F)cc(CCl)c1I. The van der Waals surface area contributed by atoms with Crippen LogP contribution >= 0.6 is 34.2 Å². The fraction of sp³-hybridized carbons (Fsp3) is 0.375. The molecule has 1 aromatic rings. The van der Waals surface area contributed by atoms with Gasteiger partial charge in [0.15, 0.2) is 0 Å². The summed E-state index contributed by atoms with van der Waals surface area (Å²) in [6, 6.07) is 0.581. The number of halogens is 8. The third kappa shape index (κ3) is 4.04. The Hall–Kier alpha value is -0.450. The van der Waals surface area contributed by atoms with Crippen LogP contribution in [0.2, 0.25) is 0 Å². The van der Waals surface area contributed by atoms with Gasteiger partial charge in [0.25, 0.3) is 0 Å². The van der Waals surface area contributed by atoms with E-state index in [-0.39, 0.29) is 9.13 Å². The highest BCUT2D eigenvalue weighted by atomic mass is 127. The lowest BCUT2D eigenvalue weighted by atomic mass is 10.2. The van der Waals surface area contributed by atoms with Crippen LogP contribution in [-0.2, 0) is 12.1 Å². The van der Waals surface area contributed by atoms with Gasteiger partial charge >= 0.3 is 12.5 Å². The molecule has 0 unspecified atom stereocenters. The Labute approximate surface area is 115 Å². The lowest BCUT2D eigenvalue weighted by Crippen LogP contribution is -2.20. The Morgan fingerprint density at radius 1 is 1.22 bits per heavy atom. The van der Waals surface area contributed by atoms with E-state index in [2.05, 4.69) is 9.72 Å². The number of hydrogen-bond donors (Lipinski definition) is 0. The number of rotatable bonds is 2. The van der Waals surface area contributed by atoms with Gasteiger partial charge in [0.1, 0.15) is 5.69 Å². The molecule has 0 amide bonds. The summed E-state index contributed by atoms with van der Waals surface area (Å²) in [5, 5.41) is 0. The number of aromatic nitrogens is 1. The molecule has 2 nitrogen and oxygen atoms in total. The van der Waals surface area contributed by atoms with Crippen molar-refractivity contribution < 1.29 is 31.1 Å². The minimum atomic E-state index is -5.12. The molecular weight excluding hydrogens is 402 g/mol. The van der Waals surface area contributed by atoms with Gasteiger partial charge in [-0.25, -0.2) is 4.98 Å². The van der Waals surface area contributed by atoms with E-state index >= 15 is 0 Å². The summed E-state index contributed by atoms with van der Waals surface area (Å²) in [4.78, 5) is 2.80. The van der Waals surface area contributed by atoms with E-state index in [1.807, 2.05) is 0 Å². The molecule has 0 aliphatic rings. The van der Waals surface area contributed by atoms with Crippen molar-refractivity contribution in [3.05, 3.63) is 20.9 Å². The average Bonchev–Trinajstić information content (AvgIpc) is 2.17. The van der Waals surface area contributed by atoms with E-state index < -0.39 is 30.0 Å². The van der Waals surface area contributed by atoms with Gasteiger partial charge in [-0.2, -0.15) is 13.2 Å². The predicted molar refractivity (Wildman–Crippen MR) is 58.2 cm³/mol. The van der Waals surface area contributed by atoms with Crippen LogP contribution in [0.1, 0.15) is 11.3 Å². The normalized spacial score (nSPS) is 12.7. The number of nitrogens with zero attached hydrogens (tertiary/aromatic N) is 1. The van der Waals surface area contributed by atoms with Crippen molar-refractivity contribution in [2.24, 2.45) is 0 Å². The first-order chi connectivity index (χ1) is 8.04. The molecular formula is C8H3ClF6INO. The van der Waals surface area contributed by atoms with Crippen molar-refractivity contribution in [3.63, 3.8) is 0 Å². The summed E-state index contributed by atoms with van der Waals surface area (Å²) >= 11 is 6.75. The first-order valence-corrected chi connectivity index (χ1v) is 5.74. The maximum atomic E-state index is 12.4. The highest BCUT2D eigenvalue weighted by Crippen LogP contribution is 2.35. The van der Waals surface area contributed by atoms with Crippen molar-refractivity contribution in [1.82, 2.24) is 4.98 Å². The molecule has 10 heteroatoms. The molecule has 1 rings (SSSR count). The second-order valence-corrected chi connectivity index (χ2v) is 4.31. The molecule has 0 saturated heterocycles. The topological polar surface area (TPSA) is 22.1 Å². The van der Waals surface area contributed by atoms with E-state index in [0.29, 0.717) is 6.07 Å². The van der Waals surface area contributed by atoms with Gasteiger partial charge in [0.2, 0.25) is 5.88 Å². The largest absolute Gasteiger partial charge is 0.574 e. The smallest absolute Gasteiger partial charge is 0.387 e. The van der Waals surface area contributed by atoms with E-state index in [4.69, 9.17) is 11.6 Å². The standard InChI is InChI=1S/C8H3ClF6INO/c9-2-3-1-4(7(10,11)12)17-6(5(3)16)18-8(13,14)15/h1H,2H2. The zero-order valence-corrected chi connectivity index (χ0v) is 11.1. The highest BCUT2D eigenvalue weighted by molar-refractivity contribution is 14.1. The zero-order chi connectivity index (χ0) is 14.1. The lowest BCUT2D eigenvalue weighted by Gasteiger charge is -2.14. The lowest BCUT2D eigenvalue weighted by molar-refractivity contribution is -0.276. The average molecular weight is 405 g/mol. The quantitative estimate of drug-likeness (QED) is 0.415. The zero-order valence-electron chi connectivity index (χ0n) is 8.16. The molecule has 0 spiro atoms. The summed E-state index contributed by atoms with van der Waals surface area (Å²) in [5.74, 6) is -1.55. The number of ether oxygens (including phenoxy) is 1. The molecule has 0 fully saturated rings. The molecule has 0 aromatic carbocycles. The first-order valence-electron chi connectivity index (χ1n) is 4.13. The van der Waals surface area contributed by atoms with Gasteiger partial charge in [-0.05, 0) is 34.2 Å². The van der Waals surface area contributed by atoms with Gasteiger partial charge in [-0.3, -0.25) is 0 Å². The highest BCUT2D eigenvalue weighted by Gasteiger charge is 2.37. The van der Waals surface area contributed by atoms with Gasteiger partial charge < -0.3 is 4.74 Å². The van der Waals surface area contributed by atoms with Crippen LogP contribution in [0.3, 0.4) is 0 Å². The van der Waals surface area contributed by atoms with Crippen LogP contribution in [0, 0.1) is 3.57 Å². The molecule has 0 N–H and O–H groups in total. The Morgan fingerprint density at radius 2 is 1.78 bits per heavy atom. The molecule has 0 aliphatic carbocycles. The summed E-state index contributed by atoms with van der Waals surface area (Å²) < 4.78 is 76.4. The van der Waals surface area contributed by atoms with E-state index in [9.17, 15) is 26.3 Å². The van der Waals surface area contributed by atoms with Crippen molar-refractivity contribution >= 4 is 34.2 Å². The van der Waals surface area contributed by atoms with E-state index in [1.165, 1.54) is 22.6 Å². The van der Waals surface area contributed by atoms with Crippen LogP contribution in [0.15, 0.2) is 6.07 Å². The fourth-order valence-electron chi connectivity index (χ4n) is 0.976. The van der Waals surface area contributed by atoms with Gasteiger partial charge in [-0.15, -0.1) is 24.8 Å². The molecule has 0 aliphatic heterocycles. The molecule has 0 radical (unpaired) electrons. The Bertz CT molecular complexity index is 446. The summed E-state index contributed by atoms with van der Waals surface area (Å²) in [6.45, 7) is 0. The summed E-state index contributed by atoms with van der Waals surface area (Å²) in [7, 11) is 0. The molecule has 1 aromatic heterocycles. The summed E-state index contributed by atoms with van der Waals surface area (Å²) in [5.41, 5.74) is -1.63. The first kappa shape index (κ1) is 15.6. The molecule has 1 heterocycles. The molecule has 18 heavy (non-hydrogen) atoms. The second kappa shape index (κ2) is 5.27. The van der Waals surface area contributed by atoms with Gasteiger partial charge in [-0.1, -0.05) is 0 Å². The molecule has 102 valence electrons. The third-order valence-corrected chi connectivity index (χ3v) is 3.09. The fourth-order valence-corrected chi connectivity index (χ4v) is 1.99. The number of pyridine rings is 1. The maximum Gasteiger partial charge on any atom is 0.574 e. The van der Waals surface area contributed by atoms with E-state index in [1.54, 1.807) is 0 Å². The maximum absolute atomic E-state index is 12.4. The second-order valence-electron chi connectivity index (χ2n) is 2.96. The van der Waals surface area contributed by atoms with Gasteiger partial charge in [0.05, 0.1) is 3.57 Å². The summed E-state index contributed by atoms with van der Waals surface area (Å²) in [6.07, 6.45) is -10.0. The Kier molecular flexibility index (Phi) is 4.57. The van der Waals surface area contributed by atoms with Crippen LogP contribution in [0.25, 0.3) is 0 Å². The van der Waals surface area contributed by atoms with Crippen LogP contribution in [0.4, 0.5) is 26.3 Å². The molecule has 0 atom stereocenters. The molecule has 0 saturated carbocycles. The van der Waals surface area contributed by atoms with Crippen LogP contribution < -0.4 is 4.74 Å². The van der Waals surface area contributed by atoms with Gasteiger partial charge in [0, 0.05) is 5.88 Å². The number of hydrogen-bond acceptors (Lipinski definition) is 2. The third-order valence-electron chi connectivity index (χ3n) is 1.65. The van der Waals surface area contributed by atoms with Crippen molar-refractivity contribution in [3.8, 4) is 5.88 Å². The monoisotopic (exact) mass is 405 g/mol. The predicted octanol–water partition coefficient (Wildman–Crippen LogP) is 4.34. The van der Waals surface area contributed by atoms with E-state index in [0.717, 1.165) is 0 Å². The molecule has 0 bridgehead atoms. The Morgan fingerprint density at radius 3 is 2.17 bits per heavy atom. The minimum Gasteiger partial charge on any atom is -0.387 e. The number of alkyl halides is 7. The Balaban J connectivity index is 3.32. The van der Waals surface area contributed by atoms with Crippen LogP contribution in [0.5, 0.6) is 5.88 Å². The van der Waals surface area contributed by atoms with Crippen molar-refractivity contribution in [2.75, 3.05) is 0 Å². The van der Waals surface area contributed by atoms with Crippen molar-refractivity contribution in [1.29, 1.82) is 0 Å². The minimum absolute atomic E-state index is 0.140. The van der Waals surface area contributed by atoms with Crippen LogP contribution in [-0.4, -0.2) is 11.3 Å².